The zero-order chi connectivity index (χ0) is 17.7. The summed E-state index contributed by atoms with van der Waals surface area (Å²) in [4.78, 5) is 14.3. The molecule has 0 N–H and O–H groups in total. The zero-order valence-electron chi connectivity index (χ0n) is 15.0. The summed E-state index contributed by atoms with van der Waals surface area (Å²) in [7, 11) is 0. The van der Waals surface area contributed by atoms with E-state index >= 15 is 0 Å². The van der Waals surface area contributed by atoms with Gasteiger partial charge in [-0.25, -0.2) is 0 Å². The Balaban J connectivity index is 2.28. The molecule has 0 spiro atoms. The van der Waals surface area contributed by atoms with Crippen molar-refractivity contribution in [3.05, 3.63) is 64.2 Å². The fraction of sp³-hybridized carbons (Fsp3) is 0.381. The monoisotopic (exact) mass is 341 g/mol. The normalized spacial score (nSPS) is 22.2. The van der Waals surface area contributed by atoms with Crippen LogP contribution in [0.25, 0.3) is 0 Å². The zero-order valence-corrected chi connectivity index (χ0v) is 15.7. The third-order valence-electron chi connectivity index (χ3n) is 5.18. The van der Waals surface area contributed by atoms with Gasteiger partial charge in [0.25, 0.3) is 0 Å². The summed E-state index contributed by atoms with van der Waals surface area (Å²) >= 11 is 6.09. The highest BCUT2D eigenvalue weighted by Crippen LogP contribution is 2.50. The molecule has 0 radical (unpaired) electrons. The number of fused-ring (bicyclic) bond motifs is 1. The molecule has 1 heterocycles. The van der Waals surface area contributed by atoms with E-state index in [4.69, 9.17) is 11.6 Å². The van der Waals surface area contributed by atoms with E-state index in [1.54, 1.807) is 6.92 Å². The molecule has 126 valence electrons. The van der Waals surface area contributed by atoms with Crippen LogP contribution in [-0.2, 0) is 10.2 Å². The molecule has 0 fully saturated rings. The Bertz CT molecular complexity index is 794. The first-order chi connectivity index (χ1) is 11.1. The summed E-state index contributed by atoms with van der Waals surface area (Å²) in [6.07, 6.45) is 0.859. The molecule has 2 aromatic rings. The Morgan fingerprint density at radius 3 is 2.29 bits per heavy atom. The van der Waals surface area contributed by atoms with Gasteiger partial charge in [0.15, 0.2) is 0 Å². The maximum Gasteiger partial charge on any atom is 0.224 e. The van der Waals surface area contributed by atoms with Gasteiger partial charge in [-0.2, -0.15) is 0 Å². The van der Waals surface area contributed by atoms with Crippen molar-refractivity contribution < 1.29 is 4.79 Å². The summed E-state index contributed by atoms with van der Waals surface area (Å²) in [6.45, 7) is 10.3. The van der Waals surface area contributed by atoms with E-state index < -0.39 is 0 Å². The second kappa shape index (κ2) is 5.63. The lowest BCUT2D eigenvalue weighted by Crippen LogP contribution is -2.55. The third-order valence-corrected chi connectivity index (χ3v) is 5.43. The summed E-state index contributed by atoms with van der Waals surface area (Å²) in [6, 6.07) is 14.5. The number of hydrogen-bond donors (Lipinski definition) is 0. The van der Waals surface area contributed by atoms with Crippen molar-refractivity contribution in [1.29, 1.82) is 0 Å². The van der Waals surface area contributed by atoms with Crippen molar-refractivity contribution in [3.63, 3.8) is 0 Å². The van der Waals surface area contributed by atoms with Crippen LogP contribution in [0, 0.1) is 6.92 Å². The average molecular weight is 342 g/mol. The van der Waals surface area contributed by atoms with E-state index in [1.165, 1.54) is 16.7 Å². The Kier molecular flexibility index (Phi) is 4.00. The number of anilines is 1. The van der Waals surface area contributed by atoms with Crippen molar-refractivity contribution in [3.8, 4) is 0 Å². The molecule has 3 rings (SSSR count). The maximum absolute atomic E-state index is 12.4. The van der Waals surface area contributed by atoms with E-state index in [0.29, 0.717) is 0 Å². The van der Waals surface area contributed by atoms with Crippen LogP contribution in [0.2, 0.25) is 5.02 Å². The second-order valence-electron chi connectivity index (χ2n) is 7.70. The van der Waals surface area contributed by atoms with E-state index in [1.807, 2.05) is 17.0 Å². The van der Waals surface area contributed by atoms with Gasteiger partial charge in [-0.1, -0.05) is 48.4 Å². The van der Waals surface area contributed by atoms with Gasteiger partial charge in [0.1, 0.15) is 0 Å². The Labute approximate surface area is 149 Å². The molecule has 2 aromatic carbocycles. The number of amides is 1. The van der Waals surface area contributed by atoms with Gasteiger partial charge in [0, 0.05) is 28.6 Å². The van der Waals surface area contributed by atoms with Crippen LogP contribution in [0.15, 0.2) is 42.5 Å². The highest BCUT2D eigenvalue weighted by Gasteiger charge is 2.46. The summed E-state index contributed by atoms with van der Waals surface area (Å²) in [5.41, 5.74) is 4.23. The molecule has 0 bridgehead atoms. The first-order valence-corrected chi connectivity index (χ1v) is 8.71. The molecular weight excluding hydrogens is 318 g/mol. The first kappa shape index (κ1) is 17.0. The average Bonchev–Trinajstić information content (AvgIpc) is 2.47. The maximum atomic E-state index is 12.4. The molecule has 1 unspecified atom stereocenters. The van der Waals surface area contributed by atoms with Gasteiger partial charge in [-0.3, -0.25) is 4.79 Å². The molecule has 3 heteroatoms. The van der Waals surface area contributed by atoms with Gasteiger partial charge in [0.05, 0.1) is 0 Å². The van der Waals surface area contributed by atoms with Crippen LogP contribution in [-0.4, -0.2) is 11.4 Å². The molecule has 1 amide bonds. The first-order valence-electron chi connectivity index (χ1n) is 8.33. The number of carbonyl (C=O) groups is 1. The van der Waals surface area contributed by atoms with Gasteiger partial charge in [-0.15, -0.1) is 0 Å². The second-order valence-corrected chi connectivity index (χ2v) is 8.14. The molecule has 1 aliphatic heterocycles. The summed E-state index contributed by atoms with van der Waals surface area (Å²) < 4.78 is 0. The molecule has 0 saturated carbocycles. The van der Waals surface area contributed by atoms with Crippen molar-refractivity contribution in [2.75, 3.05) is 4.90 Å². The van der Waals surface area contributed by atoms with Crippen LogP contribution in [0.5, 0.6) is 0 Å². The third kappa shape index (κ3) is 2.63. The number of benzene rings is 2. The number of rotatable bonds is 1. The van der Waals surface area contributed by atoms with E-state index in [9.17, 15) is 4.79 Å². The van der Waals surface area contributed by atoms with Gasteiger partial charge >= 0.3 is 0 Å². The fourth-order valence-corrected chi connectivity index (χ4v) is 4.45. The Morgan fingerprint density at radius 1 is 1.08 bits per heavy atom. The lowest BCUT2D eigenvalue weighted by molar-refractivity contribution is -0.117. The highest BCUT2D eigenvalue weighted by molar-refractivity contribution is 6.30. The van der Waals surface area contributed by atoms with Crippen molar-refractivity contribution >= 4 is 23.2 Å². The van der Waals surface area contributed by atoms with Crippen molar-refractivity contribution in [2.24, 2.45) is 0 Å². The number of halogens is 1. The predicted molar refractivity (Wildman–Crippen MR) is 101 cm³/mol. The van der Waals surface area contributed by atoms with E-state index in [-0.39, 0.29) is 16.9 Å². The number of carbonyl (C=O) groups excluding carboxylic acids is 1. The Hall–Kier alpha value is -1.80. The largest absolute Gasteiger partial charge is 0.307 e. The molecule has 0 saturated heterocycles. The van der Waals surface area contributed by atoms with Crippen LogP contribution in [0.4, 0.5) is 5.69 Å². The van der Waals surface area contributed by atoms with E-state index in [0.717, 1.165) is 17.1 Å². The number of aryl methyl sites for hydroxylation is 1. The van der Waals surface area contributed by atoms with Crippen LogP contribution in [0.3, 0.4) is 0 Å². The fourth-order valence-electron chi connectivity index (χ4n) is 4.32. The molecule has 24 heavy (non-hydrogen) atoms. The SMILES string of the molecule is CC(=O)N1c2ccc(C)cc2C(C)(c2ccc(Cl)cc2)CC1(C)C. The minimum Gasteiger partial charge on any atom is -0.307 e. The van der Waals surface area contributed by atoms with Crippen molar-refractivity contribution in [2.45, 2.75) is 52.0 Å². The topological polar surface area (TPSA) is 20.3 Å². The van der Waals surface area contributed by atoms with Crippen molar-refractivity contribution in [1.82, 2.24) is 0 Å². The molecule has 1 aliphatic rings. The lowest BCUT2D eigenvalue weighted by Gasteiger charge is -2.51. The van der Waals surface area contributed by atoms with Crippen LogP contribution in [0.1, 0.15) is 50.8 Å². The van der Waals surface area contributed by atoms with Crippen LogP contribution < -0.4 is 4.90 Å². The molecule has 0 aliphatic carbocycles. The quantitative estimate of drug-likeness (QED) is 0.671. The summed E-state index contributed by atoms with van der Waals surface area (Å²) in [5.74, 6) is 0.0864. The standard InChI is InChI=1S/C21H24ClNO/c1-14-6-11-19-18(12-14)21(5,16-7-9-17(22)10-8-16)13-20(3,4)23(19)15(2)24/h6-12H,13H2,1-5H3. The number of nitrogens with zero attached hydrogens (tertiary/aromatic N) is 1. The molecule has 1 atom stereocenters. The van der Waals surface area contributed by atoms with Gasteiger partial charge < -0.3 is 4.90 Å². The van der Waals surface area contributed by atoms with Crippen LogP contribution >= 0.6 is 11.6 Å². The molecule has 2 nitrogen and oxygen atoms in total. The Morgan fingerprint density at radius 2 is 1.71 bits per heavy atom. The highest BCUT2D eigenvalue weighted by atomic mass is 35.5. The predicted octanol–water partition coefficient (Wildman–Crippen LogP) is 5.49. The summed E-state index contributed by atoms with van der Waals surface area (Å²) in [5, 5.41) is 0.743. The van der Waals surface area contributed by atoms with E-state index in [2.05, 4.69) is 58.0 Å². The molecule has 0 aromatic heterocycles. The lowest BCUT2D eigenvalue weighted by atomic mass is 9.65. The van der Waals surface area contributed by atoms with Gasteiger partial charge in [-0.05, 0) is 56.5 Å². The number of hydrogen-bond acceptors (Lipinski definition) is 1. The minimum absolute atomic E-state index is 0.0864. The smallest absolute Gasteiger partial charge is 0.224 e. The minimum atomic E-state index is -0.261. The van der Waals surface area contributed by atoms with Gasteiger partial charge in [0.2, 0.25) is 5.91 Å². The molecular formula is C21H24ClNO.